The van der Waals surface area contributed by atoms with Crippen LogP contribution >= 0.6 is 0 Å². The van der Waals surface area contributed by atoms with E-state index in [1.54, 1.807) is 23.1 Å². The maximum atomic E-state index is 12.5. The second-order valence-corrected chi connectivity index (χ2v) is 7.44. The van der Waals surface area contributed by atoms with Crippen LogP contribution in [0, 0.1) is 6.92 Å². The summed E-state index contributed by atoms with van der Waals surface area (Å²) in [5, 5.41) is 2.82. The summed E-state index contributed by atoms with van der Waals surface area (Å²) in [7, 11) is 0. The van der Waals surface area contributed by atoms with Crippen molar-refractivity contribution in [1.29, 1.82) is 0 Å². The lowest BCUT2D eigenvalue weighted by Gasteiger charge is -2.21. The van der Waals surface area contributed by atoms with E-state index >= 15 is 0 Å². The predicted molar refractivity (Wildman–Crippen MR) is 119 cm³/mol. The number of benzene rings is 2. The number of nitrogens with zero attached hydrogens (tertiary/aromatic N) is 1. The third-order valence-electron chi connectivity index (χ3n) is 4.94. The SMILES string of the molecule is CCN(CC(=O)Nc1ccc2c(c1)OCCO2)C(=O)CCCCOc1cccc(C)c1. The molecule has 1 N–H and O–H groups in total. The van der Waals surface area contributed by atoms with Gasteiger partial charge in [-0.05, 0) is 56.5 Å². The minimum absolute atomic E-state index is 0.0174. The largest absolute Gasteiger partial charge is 0.494 e. The van der Waals surface area contributed by atoms with Gasteiger partial charge in [0.1, 0.15) is 19.0 Å². The number of aryl methyl sites for hydroxylation is 1. The first kappa shape index (κ1) is 22.5. The van der Waals surface area contributed by atoms with Crippen LogP contribution in [0.5, 0.6) is 17.2 Å². The molecule has 0 saturated heterocycles. The molecule has 1 aliphatic rings. The summed E-state index contributed by atoms with van der Waals surface area (Å²) in [5.41, 5.74) is 1.77. The van der Waals surface area contributed by atoms with E-state index in [2.05, 4.69) is 5.32 Å². The highest BCUT2D eigenvalue weighted by Gasteiger charge is 2.17. The van der Waals surface area contributed by atoms with Crippen LogP contribution in [0.1, 0.15) is 31.7 Å². The van der Waals surface area contributed by atoms with Crippen LogP contribution in [0.15, 0.2) is 42.5 Å². The number of unbranched alkanes of at least 4 members (excludes halogenated alkanes) is 1. The molecule has 0 unspecified atom stereocenters. The lowest BCUT2D eigenvalue weighted by molar-refractivity contribution is -0.134. The number of fused-ring (bicyclic) bond motifs is 1. The maximum Gasteiger partial charge on any atom is 0.243 e. The lowest BCUT2D eigenvalue weighted by atomic mass is 10.2. The zero-order chi connectivity index (χ0) is 22.1. The molecule has 3 rings (SSSR count). The smallest absolute Gasteiger partial charge is 0.243 e. The quantitative estimate of drug-likeness (QED) is 0.585. The number of carbonyl (C=O) groups excluding carboxylic acids is 2. The first-order valence-corrected chi connectivity index (χ1v) is 10.7. The fourth-order valence-electron chi connectivity index (χ4n) is 3.30. The van der Waals surface area contributed by atoms with Crippen LogP contribution in [0.2, 0.25) is 0 Å². The van der Waals surface area contributed by atoms with Crippen molar-refractivity contribution in [1.82, 2.24) is 4.90 Å². The van der Waals surface area contributed by atoms with E-state index in [0.29, 0.717) is 56.4 Å². The summed E-state index contributed by atoms with van der Waals surface area (Å²) in [6.07, 6.45) is 1.88. The lowest BCUT2D eigenvalue weighted by Crippen LogP contribution is -2.37. The number of ether oxygens (including phenoxy) is 3. The Morgan fingerprint density at radius 2 is 1.87 bits per heavy atom. The van der Waals surface area contributed by atoms with Crippen molar-refractivity contribution in [2.45, 2.75) is 33.1 Å². The van der Waals surface area contributed by atoms with E-state index in [0.717, 1.165) is 17.7 Å². The van der Waals surface area contributed by atoms with E-state index in [9.17, 15) is 9.59 Å². The van der Waals surface area contributed by atoms with E-state index in [1.165, 1.54) is 0 Å². The minimum atomic E-state index is -0.241. The molecule has 1 heterocycles. The van der Waals surface area contributed by atoms with Gasteiger partial charge in [0, 0.05) is 24.7 Å². The standard InChI is InChI=1S/C24H30N2O5/c1-3-26(24(28)9-4-5-12-29-20-8-6-7-18(2)15-20)17-23(27)25-19-10-11-21-22(16-19)31-14-13-30-21/h6-8,10-11,15-16H,3-5,9,12-14,17H2,1-2H3,(H,25,27). The van der Waals surface area contributed by atoms with Crippen LogP contribution < -0.4 is 19.5 Å². The molecule has 0 bridgehead atoms. The minimum Gasteiger partial charge on any atom is -0.494 e. The van der Waals surface area contributed by atoms with Gasteiger partial charge in [-0.15, -0.1) is 0 Å². The molecule has 0 fully saturated rings. The van der Waals surface area contributed by atoms with Crippen LogP contribution in [0.3, 0.4) is 0 Å². The molecule has 0 aromatic heterocycles. The third kappa shape index (κ3) is 6.91. The van der Waals surface area contributed by atoms with Gasteiger partial charge in [-0.3, -0.25) is 9.59 Å². The normalized spacial score (nSPS) is 12.2. The fourth-order valence-corrected chi connectivity index (χ4v) is 3.30. The molecule has 166 valence electrons. The van der Waals surface area contributed by atoms with Crippen LogP contribution in [-0.4, -0.2) is 49.6 Å². The van der Waals surface area contributed by atoms with Gasteiger partial charge in [0.25, 0.3) is 0 Å². The molecule has 0 atom stereocenters. The summed E-state index contributed by atoms with van der Waals surface area (Å²) in [4.78, 5) is 26.5. The monoisotopic (exact) mass is 426 g/mol. The van der Waals surface area contributed by atoms with Gasteiger partial charge in [0.15, 0.2) is 11.5 Å². The van der Waals surface area contributed by atoms with Gasteiger partial charge in [-0.25, -0.2) is 0 Å². The summed E-state index contributed by atoms with van der Waals surface area (Å²) < 4.78 is 16.7. The number of nitrogens with one attached hydrogen (secondary N) is 1. The molecule has 2 amide bonds. The van der Waals surface area contributed by atoms with E-state index in [-0.39, 0.29) is 18.4 Å². The van der Waals surface area contributed by atoms with E-state index < -0.39 is 0 Å². The molecule has 0 saturated carbocycles. The zero-order valence-corrected chi connectivity index (χ0v) is 18.2. The first-order chi connectivity index (χ1) is 15.0. The summed E-state index contributed by atoms with van der Waals surface area (Å²) in [5.74, 6) is 1.85. The van der Waals surface area contributed by atoms with Crippen molar-refractivity contribution in [2.75, 3.05) is 38.2 Å². The maximum absolute atomic E-state index is 12.5. The second-order valence-electron chi connectivity index (χ2n) is 7.44. The van der Waals surface area contributed by atoms with Gasteiger partial charge in [0.2, 0.25) is 11.8 Å². The molecule has 1 aliphatic heterocycles. The van der Waals surface area contributed by atoms with Crippen LogP contribution in [0.25, 0.3) is 0 Å². The molecule has 0 aliphatic carbocycles. The van der Waals surface area contributed by atoms with Gasteiger partial charge in [-0.1, -0.05) is 12.1 Å². The molecule has 2 aromatic rings. The number of carbonyl (C=O) groups is 2. The molecule has 7 heteroatoms. The average molecular weight is 427 g/mol. The highest BCUT2D eigenvalue weighted by atomic mass is 16.6. The van der Waals surface area contributed by atoms with E-state index in [4.69, 9.17) is 14.2 Å². The van der Waals surface area contributed by atoms with Gasteiger partial charge in [0.05, 0.1) is 13.2 Å². The number of rotatable bonds is 10. The van der Waals surface area contributed by atoms with Crippen molar-refractivity contribution in [3.05, 3.63) is 48.0 Å². The Morgan fingerprint density at radius 3 is 2.65 bits per heavy atom. The van der Waals surface area contributed by atoms with Crippen molar-refractivity contribution >= 4 is 17.5 Å². The Hall–Kier alpha value is -3.22. The molecular weight excluding hydrogens is 396 g/mol. The third-order valence-corrected chi connectivity index (χ3v) is 4.94. The summed E-state index contributed by atoms with van der Waals surface area (Å²) >= 11 is 0. The molecule has 0 radical (unpaired) electrons. The molecule has 0 spiro atoms. The first-order valence-electron chi connectivity index (χ1n) is 10.7. The Morgan fingerprint density at radius 1 is 1.06 bits per heavy atom. The fraction of sp³-hybridized carbons (Fsp3) is 0.417. The van der Waals surface area contributed by atoms with Gasteiger partial charge in [-0.2, -0.15) is 0 Å². The zero-order valence-electron chi connectivity index (χ0n) is 18.2. The number of likely N-dealkylation sites (N-methyl/N-ethyl adjacent to an activating group) is 1. The van der Waals surface area contributed by atoms with E-state index in [1.807, 2.05) is 38.1 Å². The molecular formula is C24H30N2O5. The van der Waals surface area contributed by atoms with Gasteiger partial charge >= 0.3 is 0 Å². The highest BCUT2D eigenvalue weighted by molar-refractivity contribution is 5.94. The second kappa shape index (κ2) is 11.2. The Bertz CT molecular complexity index is 899. The topological polar surface area (TPSA) is 77.1 Å². The van der Waals surface area contributed by atoms with Crippen molar-refractivity contribution in [2.24, 2.45) is 0 Å². The van der Waals surface area contributed by atoms with Crippen molar-refractivity contribution < 1.29 is 23.8 Å². The van der Waals surface area contributed by atoms with Crippen molar-refractivity contribution in [3.63, 3.8) is 0 Å². The summed E-state index contributed by atoms with van der Waals surface area (Å²) in [6.45, 7) is 5.96. The van der Waals surface area contributed by atoms with Crippen molar-refractivity contribution in [3.8, 4) is 17.2 Å². The number of hydrogen-bond acceptors (Lipinski definition) is 5. The number of amides is 2. The number of anilines is 1. The van der Waals surface area contributed by atoms with Crippen LogP contribution in [-0.2, 0) is 9.59 Å². The average Bonchev–Trinajstić information content (AvgIpc) is 2.77. The van der Waals surface area contributed by atoms with Crippen LogP contribution in [0.4, 0.5) is 5.69 Å². The summed E-state index contributed by atoms with van der Waals surface area (Å²) in [6, 6.07) is 13.2. The Labute approximate surface area is 183 Å². The Balaban J connectivity index is 1.39. The molecule has 7 nitrogen and oxygen atoms in total. The highest BCUT2D eigenvalue weighted by Crippen LogP contribution is 2.32. The predicted octanol–water partition coefficient (Wildman–Crippen LogP) is 3.80. The van der Waals surface area contributed by atoms with Gasteiger partial charge < -0.3 is 24.4 Å². The Kier molecular flexibility index (Phi) is 8.15. The molecule has 31 heavy (non-hydrogen) atoms. The number of hydrogen-bond donors (Lipinski definition) is 1. The molecule has 2 aromatic carbocycles.